The Labute approximate surface area is 134 Å². The third-order valence-corrected chi connectivity index (χ3v) is 7.64. The van der Waals surface area contributed by atoms with Crippen molar-refractivity contribution in [3.8, 4) is 0 Å². The first-order valence-electron chi connectivity index (χ1n) is 7.65. The largest absolute Gasteiger partial charge is 0.458 e. The van der Waals surface area contributed by atoms with E-state index in [0.717, 1.165) is 25.7 Å². The molecule has 5 unspecified atom stereocenters. The summed E-state index contributed by atoms with van der Waals surface area (Å²) in [6, 6.07) is 0. The summed E-state index contributed by atoms with van der Waals surface area (Å²) in [5.41, 5.74) is -0.712. The first kappa shape index (κ1) is 17.3. The SMILES string of the molecule is O.O=C(OCC(F)(F)S(O)(O)O)C12CC3CC4CC(C1)C2(C4)C3. The summed E-state index contributed by atoms with van der Waals surface area (Å²) in [6.45, 7) is -1.48. The number of carbonyl (C=O) groups is 1. The molecule has 1 spiro atoms. The molecule has 0 aromatic carbocycles. The molecule has 4 rings (SSSR count). The highest BCUT2D eigenvalue weighted by Gasteiger charge is 2.77. The quantitative estimate of drug-likeness (QED) is 0.669. The van der Waals surface area contributed by atoms with Gasteiger partial charge in [-0.3, -0.25) is 4.79 Å². The first-order valence-corrected chi connectivity index (χ1v) is 9.15. The molecule has 4 saturated carbocycles. The molecule has 9 heteroatoms. The van der Waals surface area contributed by atoms with E-state index in [-0.39, 0.29) is 10.9 Å². The summed E-state index contributed by atoms with van der Waals surface area (Å²) < 4.78 is 57.6. The zero-order valence-corrected chi connectivity index (χ0v) is 13.3. The number of fused-ring (bicyclic) bond motifs is 2. The van der Waals surface area contributed by atoms with Crippen molar-refractivity contribution >= 4 is 16.8 Å². The molecule has 0 aliphatic heterocycles. The van der Waals surface area contributed by atoms with Gasteiger partial charge in [0.25, 0.3) is 0 Å². The van der Waals surface area contributed by atoms with Gasteiger partial charge in [-0.1, -0.05) is 0 Å². The molecule has 5 atom stereocenters. The lowest BCUT2D eigenvalue weighted by Gasteiger charge is -2.56. The van der Waals surface area contributed by atoms with E-state index in [1.165, 1.54) is 0 Å². The van der Waals surface area contributed by atoms with Crippen LogP contribution in [0.2, 0.25) is 0 Å². The minimum absolute atomic E-state index is 0. The number of hydrogen-bond acceptors (Lipinski definition) is 5. The molecule has 5 N–H and O–H groups in total. The second kappa shape index (κ2) is 4.78. The lowest BCUT2D eigenvalue weighted by Crippen LogP contribution is -2.57. The summed E-state index contributed by atoms with van der Waals surface area (Å²) in [7, 11) is -5.07. The maximum atomic E-state index is 13.4. The van der Waals surface area contributed by atoms with Crippen molar-refractivity contribution in [2.24, 2.45) is 28.6 Å². The molecular weight excluding hydrogens is 334 g/mol. The number of halogens is 2. The van der Waals surface area contributed by atoms with Gasteiger partial charge in [0.2, 0.25) is 0 Å². The van der Waals surface area contributed by atoms with Gasteiger partial charge >= 0.3 is 11.2 Å². The maximum absolute atomic E-state index is 13.4. The Bertz CT molecular complexity index is 532. The van der Waals surface area contributed by atoms with Gasteiger partial charge in [0.15, 0.2) is 17.5 Å². The minimum atomic E-state index is -5.07. The fourth-order valence-corrected chi connectivity index (χ4v) is 6.33. The molecule has 6 nitrogen and oxygen atoms in total. The molecule has 4 aliphatic carbocycles. The molecule has 134 valence electrons. The van der Waals surface area contributed by atoms with Crippen LogP contribution < -0.4 is 0 Å². The van der Waals surface area contributed by atoms with Crippen molar-refractivity contribution in [2.45, 2.75) is 43.8 Å². The lowest BCUT2D eigenvalue weighted by molar-refractivity contribution is -0.191. The van der Waals surface area contributed by atoms with Crippen molar-refractivity contribution < 1.29 is 37.4 Å². The highest BCUT2D eigenvalue weighted by molar-refractivity contribution is 8.20. The summed E-state index contributed by atoms with van der Waals surface area (Å²) in [5, 5.41) is -4.23. The second-order valence-corrected chi connectivity index (χ2v) is 9.32. The predicted octanol–water partition coefficient (Wildman–Crippen LogP) is 2.74. The fourth-order valence-electron chi connectivity index (χ4n) is 6.12. The molecule has 0 heterocycles. The Morgan fingerprint density at radius 1 is 1.13 bits per heavy atom. The number of alkyl halides is 2. The fraction of sp³-hybridized carbons (Fsp3) is 0.929. The molecule has 0 aromatic heterocycles. The van der Waals surface area contributed by atoms with Crippen LogP contribution in [0, 0.1) is 28.6 Å². The molecule has 0 radical (unpaired) electrons. The van der Waals surface area contributed by atoms with E-state index >= 15 is 0 Å². The Kier molecular flexibility index (Phi) is 3.61. The average molecular weight is 356 g/mol. The molecule has 4 fully saturated rings. The van der Waals surface area contributed by atoms with E-state index in [1.54, 1.807) is 0 Å². The molecule has 0 saturated heterocycles. The molecule has 0 aromatic rings. The van der Waals surface area contributed by atoms with E-state index in [1.807, 2.05) is 0 Å². The molecule has 0 amide bonds. The van der Waals surface area contributed by atoms with Crippen LogP contribution in [0.5, 0.6) is 0 Å². The summed E-state index contributed by atoms with van der Waals surface area (Å²) in [6.07, 6.45) is 5.67. The predicted molar refractivity (Wildman–Crippen MR) is 78.0 cm³/mol. The standard InChI is InChI=1S/C14H20F2O5S.H2O/c15-14(16,22(18,19)20)7-21-11(17)13-5-9-1-8-2-10(6-13)12(13,3-8)4-9;/h8-10,18-20H,1-7H2;1H2. The molecule has 4 aliphatic rings. The van der Waals surface area contributed by atoms with Gasteiger partial charge in [0.1, 0.15) is 0 Å². The van der Waals surface area contributed by atoms with E-state index in [4.69, 9.17) is 18.4 Å². The van der Waals surface area contributed by atoms with Crippen molar-refractivity contribution in [3.05, 3.63) is 0 Å². The van der Waals surface area contributed by atoms with Crippen molar-refractivity contribution in [1.82, 2.24) is 0 Å². The van der Waals surface area contributed by atoms with Gasteiger partial charge in [0.05, 0.1) is 5.41 Å². The Balaban J connectivity index is 0.00000156. The summed E-state index contributed by atoms with van der Waals surface area (Å²) in [4.78, 5) is 12.5. The van der Waals surface area contributed by atoms with Crippen LogP contribution in [0.1, 0.15) is 38.5 Å². The minimum Gasteiger partial charge on any atom is -0.458 e. The van der Waals surface area contributed by atoms with Crippen molar-refractivity contribution in [2.75, 3.05) is 6.61 Å². The Morgan fingerprint density at radius 2 is 1.78 bits per heavy atom. The topological polar surface area (TPSA) is 118 Å². The van der Waals surface area contributed by atoms with Gasteiger partial charge < -0.3 is 23.9 Å². The number of ether oxygens (including phenoxy) is 1. The van der Waals surface area contributed by atoms with Crippen LogP contribution in [0.25, 0.3) is 0 Å². The summed E-state index contributed by atoms with van der Waals surface area (Å²) >= 11 is 0. The van der Waals surface area contributed by atoms with Gasteiger partial charge in [-0.05, 0) is 61.7 Å². The van der Waals surface area contributed by atoms with Crippen LogP contribution in [0.3, 0.4) is 0 Å². The van der Waals surface area contributed by atoms with Crippen molar-refractivity contribution in [1.29, 1.82) is 0 Å². The number of carbonyl (C=O) groups excluding carboxylic acids is 1. The normalized spacial score (nSPS) is 44.3. The van der Waals surface area contributed by atoms with E-state index in [0.29, 0.717) is 30.6 Å². The van der Waals surface area contributed by atoms with Crippen LogP contribution in [-0.4, -0.2) is 37.0 Å². The highest BCUT2D eigenvalue weighted by Crippen LogP contribution is 2.81. The van der Waals surface area contributed by atoms with E-state index < -0.39 is 34.1 Å². The third kappa shape index (κ3) is 2.03. The van der Waals surface area contributed by atoms with E-state index in [9.17, 15) is 13.6 Å². The van der Waals surface area contributed by atoms with Gasteiger partial charge in [0, 0.05) is 0 Å². The van der Waals surface area contributed by atoms with Crippen LogP contribution in [-0.2, 0) is 9.53 Å². The monoisotopic (exact) mass is 356 g/mol. The molecule has 3 bridgehead atoms. The van der Waals surface area contributed by atoms with Gasteiger partial charge in [-0.15, -0.1) is 0 Å². The Morgan fingerprint density at radius 3 is 2.43 bits per heavy atom. The Hall–Kier alpha value is -0.480. The summed E-state index contributed by atoms with van der Waals surface area (Å²) in [5.74, 6) is 1.01. The average Bonchev–Trinajstić information content (AvgIpc) is 2.70. The number of rotatable bonds is 4. The zero-order valence-electron chi connectivity index (χ0n) is 12.5. The third-order valence-electron chi connectivity index (χ3n) is 6.72. The van der Waals surface area contributed by atoms with Crippen molar-refractivity contribution in [3.63, 3.8) is 0 Å². The van der Waals surface area contributed by atoms with Crippen LogP contribution >= 0.6 is 10.9 Å². The number of esters is 1. The maximum Gasteiger partial charge on any atom is 0.374 e. The lowest BCUT2D eigenvalue weighted by atomic mass is 9.46. The molecule has 23 heavy (non-hydrogen) atoms. The van der Waals surface area contributed by atoms with Crippen LogP contribution in [0.4, 0.5) is 8.78 Å². The zero-order chi connectivity index (χ0) is 16.0. The smallest absolute Gasteiger partial charge is 0.374 e. The number of hydrogen-bond donors (Lipinski definition) is 3. The van der Waals surface area contributed by atoms with Gasteiger partial charge in [-0.2, -0.15) is 8.78 Å². The van der Waals surface area contributed by atoms with Gasteiger partial charge in [-0.25, -0.2) is 0 Å². The molecular formula is C14H22F2O6S. The first-order chi connectivity index (χ1) is 10.1. The van der Waals surface area contributed by atoms with E-state index in [2.05, 4.69) is 0 Å². The van der Waals surface area contributed by atoms with Crippen LogP contribution in [0.15, 0.2) is 0 Å². The second-order valence-electron chi connectivity index (χ2n) is 7.69. The highest BCUT2D eigenvalue weighted by atomic mass is 32.3.